The molecule has 1 fully saturated rings. The Hall–Kier alpha value is -0.220. The molecule has 1 aliphatic rings. The van der Waals surface area contributed by atoms with E-state index in [0.717, 1.165) is 0 Å². The molecule has 12 heavy (non-hydrogen) atoms. The zero-order valence-electron chi connectivity index (χ0n) is 7.06. The van der Waals surface area contributed by atoms with E-state index < -0.39 is 5.92 Å². The van der Waals surface area contributed by atoms with E-state index in [1.54, 1.807) is 0 Å². The van der Waals surface area contributed by atoms with Crippen LogP contribution in [0.3, 0.4) is 0 Å². The fraction of sp³-hybridized carbons (Fsp3) is 1.00. The van der Waals surface area contributed by atoms with E-state index in [9.17, 15) is 8.78 Å². The predicted molar refractivity (Wildman–Crippen MR) is 42.2 cm³/mol. The fourth-order valence-electron chi connectivity index (χ4n) is 1.42. The lowest BCUT2D eigenvalue weighted by molar-refractivity contribution is -0.0792. The van der Waals surface area contributed by atoms with Gasteiger partial charge in [-0.2, -0.15) is 0 Å². The van der Waals surface area contributed by atoms with E-state index in [0.29, 0.717) is 26.0 Å². The van der Waals surface area contributed by atoms with E-state index in [2.05, 4.69) is 0 Å². The third-order valence-electron chi connectivity index (χ3n) is 2.14. The lowest BCUT2D eigenvalue weighted by Gasteiger charge is -2.28. The SMILES string of the molecule is NCCOC1CCC(F)(F)CC1. The Kier molecular flexibility index (Phi) is 3.40. The summed E-state index contributed by atoms with van der Waals surface area (Å²) in [6, 6.07) is 0. The Morgan fingerprint density at radius 1 is 1.33 bits per heavy atom. The summed E-state index contributed by atoms with van der Waals surface area (Å²) in [4.78, 5) is 0. The second-order valence-corrected chi connectivity index (χ2v) is 3.21. The summed E-state index contributed by atoms with van der Waals surface area (Å²) in [5.74, 6) is -2.46. The maximum Gasteiger partial charge on any atom is 0.248 e. The van der Waals surface area contributed by atoms with E-state index in [-0.39, 0.29) is 18.9 Å². The Balaban J connectivity index is 2.18. The molecule has 1 aliphatic carbocycles. The molecule has 2 N–H and O–H groups in total. The topological polar surface area (TPSA) is 35.2 Å². The number of rotatable bonds is 3. The van der Waals surface area contributed by atoms with Crippen LogP contribution < -0.4 is 5.73 Å². The molecule has 0 aromatic rings. The third-order valence-corrected chi connectivity index (χ3v) is 2.14. The molecule has 0 heterocycles. The molecule has 0 aromatic carbocycles. The van der Waals surface area contributed by atoms with Gasteiger partial charge in [0.25, 0.3) is 0 Å². The Bertz CT molecular complexity index is 131. The molecule has 0 saturated heterocycles. The minimum Gasteiger partial charge on any atom is -0.377 e. The molecule has 0 aromatic heterocycles. The molecule has 72 valence electrons. The molecule has 1 saturated carbocycles. The summed E-state index contributed by atoms with van der Waals surface area (Å²) >= 11 is 0. The summed E-state index contributed by atoms with van der Waals surface area (Å²) in [7, 11) is 0. The number of hydrogen-bond donors (Lipinski definition) is 1. The van der Waals surface area contributed by atoms with Gasteiger partial charge in [-0.05, 0) is 12.8 Å². The van der Waals surface area contributed by atoms with Crippen LogP contribution in [-0.4, -0.2) is 25.2 Å². The van der Waals surface area contributed by atoms with Gasteiger partial charge in [-0.3, -0.25) is 0 Å². The number of hydrogen-bond acceptors (Lipinski definition) is 2. The van der Waals surface area contributed by atoms with Crippen molar-refractivity contribution in [2.75, 3.05) is 13.2 Å². The predicted octanol–water partition coefficient (Wildman–Crippen LogP) is 1.54. The van der Waals surface area contributed by atoms with Gasteiger partial charge in [0, 0.05) is 19.4 Å². The smallest absolute Gasteiger partial charge is 0.248 e. The molecule has 1 rings (SSSR count). The number of alkyl halides is 2. The minimum absolute atomic E-state index is 0.00757. The first-order chi connectivity index (χ1) is 5.64. The second-order valence-electron chi connectivity index (χ2n) is 3.21. The number of ether oxygens (including phenoxy) is 1. The Labute approximate surface area is 71.1 Å². The summed E-state index contributed by atoms with van der Waals surface area (Å²) in [5, 5.41) is 0. The van der Waals surface area contributed by atoms with Crippen molar-refractivity contribution in [2.45, 2.75) is 37.7 Å². The lowest BCUT2D eigenvalue weighted by Crippen LogP contribution is -2.30. The molecule has 0 bridgehead atoms. The highest BCUT2D eigenvalue weighted by Gasteiger charge is 2.34. The molecule has 0 unspecified atom stereocenters. The average Bonchev–Trinajstić information content (AvgIpc) is 2.03. The molecular weight excluding hydrogens is 164 g/mol. The molecule has 0 radical (unpaired) electrons. The van der Waals surface area contributed by atoms with Crippen molar-refractivity contribution in [1.29, 1.82) is 0 Å². The summed E-state index contributed by atoms with van der Waals surface area (Å²) in [6.07, 6.45) is 0.859. The minimum atomic E-state index is -2.46. The quantitative estimate of drug-likeness (QED) is 0.713. The maximum atomic E-state index is 12.6. The number of halogens is 2. The zero-order valence-corrected chi connectivity index (χ0v) is 7.06. The Morgan fingerprint density at radius 3 is 2.42 bits per heavy atom. The van der Waals surface area contributed by atoms with Gasteiger partial charge in [0.2, 0.25) is 5.92 Å². The van der Waals surface area contributed by atoms with Crippen LogP contribution in [0.25, 0.3) is 0 Å². The van der Waals surface area contributed by atoms with Crippen molar-refractivity contribution < 1.29 is 13.5 Å². The summed E-state index contributed by atoms with van der Waals surface area (Å²) < 4.78 is 30.5. The zero-order chi connectivity index (χ0) is 9.03. The van der Waals surface area contributed by atoms with Crippen LogP contribution >= 0.6 is 0 Å². The van der Waals surface area contributed by atoms with E-state index in [1.807, 2.05) is 0 Å². The molecule has 2 nitrogen and oxygen atoms in total. The van der Waals surface area contributed by atoms with Gasteiger partial charge in [0.1, 0.15) is 0 Å². The monoisotopic (exact) mass is 179 g/mol. The van der Waals surface area contributed by atoms with Crippen molar-refractivity contribution in [3.8, 4) is 0 Å². The van der Waals surface area contributed by atoms with Crippen LogP contribution in [-0.2, 0) is 4.74 Å². The van der Waals surface area contributed by atoms with Gasteiger partial charge >= 0.3 is 0 Å². The van der Waals surface area contributed by atoms with Gasteiger partial charge in [0.15, 0.2) is 0 Å². The second kappa shape index (κ2) is 4.14. The van der Waals surface area contributed by atoms with E-state index in [1.165, 1.54) is 0 Å². The van der Waals surface area contributed by atoms with Crippen molar-refractivity contribution in [3.05, 3.63) is 0 Å². The van der Waals surface area contributed by atoms with Gasteiger partial charge < -0.3 is 10.5 Å². The van der Waals surface area contributed by atoms with Crippen molar-refractivity contribution >= 4 is 0 Å². The van der Waals surface area contributed by atoms with Crippen LogP contribution in [0.15, 0.2) is 0 Å². The van der Waals surface area contributed by atoms with Gasteiger partial charge in [-0.15, -0.1) is 0 Å². The first kappa shape index (κ1) is 9.86. The van der Waals surface area contributed by atoms with Crippen LogP contribution in [0.2, 0.25) is 0 Å². The first-order valence-electron chi connectivity index (χ1n) is 4.33. The lowest BCUT2D eigenvalue weighted by atomic mass is 9.94. The number of nitrogens with two attached hydrogens (primary N) is 1. The molecule has 0 spiro atoms. The fourth-order valence-corrected chi connectivity index (χ4v) is 1.42. The molecular formula is C8H15F2NO. The van der Waals surface area contributed by atoms with Gasteiger partial charge in [0.05, 0.1) is 12.7 Å². The van der Waals surface area contributed by atoms with E-state index in [4.69, 9.17) is 10.5 Å². The van der Waals surface area contributed by atoms with Gasteiger partial charge in [-0.25, -0.2) is 8.78 Å². The normalized spacial score (nSPS) is 24.2. The van der Waals surface area contributed by atoms with Crippen molar-refractivity contribution in [1.82, 2.24) is 0 Å². The molecule has 0 atom stereocenters. The van der Waals surface area contributed by atoms with Crippen molar-refractivity contribution in [2.24, 2.45) is 5.73 Å². The highest BCUT2D eigenvalue weighted by atomic mass is 19.3. The van der Waals surface area contributed by atoms with Gasteiger partial charge in [-0.1, -0.05) is 0 Å². The van der Waals surface area contributed by atoms with Crippen LogP contribution in [0.1, 0.15) is 25.7 Å². The highest BCUT2D eigenvalue weighted by Crippen LogP contribution is 2.33. The van der Waals surface area contributed by atoms with Crippen LogP contribution in [0, 0.1) is 0 Å². The average molecular weight is 179 g/mol. The van der Waals surface area contributed by atoms with Crippen LogP contribution in [0.5, 0.6) is 0 Å². The molecule has 0 aliphatic heterocycles. The standard InChI is InChI=1S/C8H15F2NO/c9-8(10)3-1-7(2-4-8)12-6-5-11/h7H,1-6,11H2. The van der Waals surface area contributed by atoms with E-state index >= 15 is 0 Å². The molecule has 0 amide bonds. The first-order valence-corrected chi connectivity index (χ1v) is 4.33. The Morgan fingerprint density at radius 2 is 1.92 bits per heavy atom. The third kappa shape index (κ3) is 3.03. The summed E-state index contributed by atoms with van der Waals surface area (Å²) in [6.45, 7) is 0.948. The largest absolute Gasteiger partial charge is 0.377 e. The van der Waals surface area contributed by atoms with Crippen molar-refractivity contribution in [3.63, 3.8) is 0 Å². The molecule has 4 heteroatoms. The maximum absolute atomic E-state index is 12.6. The summed E-state index contributed by atoms with van der Waals surface area (Å²) in [5.41, 5.74) is 5.23. The highest BCUT2D eigenvalue weighted by molar-refractivity contribution is 4.77. The van der Waals surface area contributed by atoms with Crippen LogP contribution in [0.4, 0.5) is 8.78 Å².